The number of ether oxygens (including phenoxy) is 1. The third-order valence-electron chi connectivity index (χ3n) is 5.13. The molecule has 1 heterocycles. The fourth-order valence-corrected chi connectivity index (χ4v) is 3.59. The Morgan fingerprint density at radius 1 is 1.04 bits per heavy atom. The summed E-state index contributed by atoms with van der Waals surface area (Å²) in [5.41, 5.74) is 1.30. The van der Waals surface area contributed by atoms with Gasteiger partial charge in [0.15, 0.2) is 0 Å². The topological polar surface area (TPSA) is 90.3 Å². The summed E-state index contributed by atoms with van der Waals surface area (Å²) in [4.78, 5) is 23.4. The molecule has 1 aromatic rings. The van der Waals surface area contributed by atoms with E-state index in [0.29, 0.717) is 0 Å². The number of benzene rings is 1. The van der Waals surface area contributed by atoms with Crippen LogP contribution >= 0.6 is 0 Å². The van der Waals surface area contributed by atoms with Gasteiger partial charge in [-0.1, -0.05) is 30.4 Å². The van der Waals surface area contributed by atoms with E-state index in [1.807, 2.05) is 6.07 Å². The summed E-state index contributed by atoms with van der Waals surface area (Å²) in [6, 6.07) is 8.38. The van der Waals surface area contributed by atoms with Gasteiger partial charge in [-0.25, -0.2) is 9.59 Å². The van der Waals surface area contributed by atoms with Crippen LogP contribution in [0, 0.1) is 5.92 Å². The van der Waals surface area contributed by atoms with Crippen LogP contribution in [0.15, 0.2) is 36.4 Å². The molecule has 1 aliphatic carbocycles. The highest BCUT2D eigenvalue weighted by Crippen LogP contribution is 2.22. The number of aliphatic carboxylic acids is 2. The zero-order chi connectivity index (χ0) is 20.4. The molecule has 0 aromatic heterocycles. The van der Waals surface area contributed by atoms with Crippen molar-refractivity contribution in [3.8, 4) is 5.75 Å². The lowest BCUT2D eigenvalue weighted by atomic mass is 9.94. The normalized spacial score (nSPS) is 20.1. The second-order valence-corrected chi connectivity index (χ2v) is 7.15. The number of piperazine rings is 1. The quantitative estimate of drug-likeness (QED) is 0.589. The average molecular weight is 390 g/mol. The van der Waals surface area contributed by atoms with Crippen LogP contribution in [0.25, 0.3) is 0 Å². The van der Waals surface area contributed by atoms with Crippen molar-refractivity contribution in [3.63, 3.8) is 0 Å². The van der Waals surface area contributed by atoms with Crippen molar-refractivity contribution >= 4 is 11.9 Å². The highest BCUT2D eigenvalue weighted by molar-refractivity contribution is 6.27. The van der Waals surface area contributed by atoms with Crippen molar-refractivity contribution in [3.05, 3.63) is 42.0 Å². The number of hydrogen-bond acceptors (Lipinski definition) is 5. The lowest BCUT2D eigenvalue weighted by molar-refractivity contribution is -0.159. The summed E-state index contributed by atoms with van der Waals surface area (Å²) in [5, 5.41) is 14.8. The molecule has 0 bridgehead atoms. The molecule has 28 heavy (non-hydrogen) atoms. The van der Waals surface area contributed by atoms with Crippen molar-refractivity contribution < 1.29 is 24.5 Å². The van der Waals surface area contributed by atoms with Gasteiger partial charge >= 0.3 is 11.9 Å². The fourth-order valence-electron chi connectivity index (χ4n) is 3.59. The van der Waals surface area contributed by atoms with E-state index in [4.69, 9.17) is 24.5 Å². The Balaban J connectivity index is 0.000000409. The van der Waals surface area contributed by atoms with Crippen molar-refractivity contribution in [2.75, 3.05) is 39.8 Å². The Morgan fingerprint density at radius 2 is 1.68 bits per heavy atom. The number of allylic oxidation sites excluding steroid dienone is 2. The van der Waals surface area contributed by atoms with E-state index in [0.717, 1.165) is 18.2 Å². The smallest absolute Gasteiger partial charge is 0.414 e. The molecular formula is C21H30N2O5. The monoisotopic (exact) mass is 390 g/mol. The number of para-hydroxylation sites is 1. The molecule has 1 atom stereocenters. The summed E-state index contributed by atoms with van der Waals surface area (Å²) in [7, 11) is 1.76. The predicted molar refractivity (Wildman–Crippen MR) is 106 cm³/mol. The Morgan fingerprint density at radius 3 is 2.25 bits per heavy atom. The fraction of sp³-hybridized carbons (Fsp3) is 0.524. The second-order valence-electron chi connectivity index (χ2n) is 7.15. The van der Waals surface area contributed by atoms with Crippen molar-refractivity contribution in [2.24, 2.45) is 5.92 Å². The Hall–Kier alpha value is -2.38. The first-order chi connectivity index (χ1) is 13.5. The van der Waals surface area contributed by atoms with Crippen LogP contribution in [0.1, 0.15) is 24.8 Å². The minimum absolute atomic E-state index is 0.880. The van der Waals surface area contributed by atoms with Gasteiger partial charge in [-0.2, -0.15) is 0 Å². The first-order valence-electron chi connectivity index (χ1n) is 9.67. The number of rotatable bonds is 5. The molecule has 0 amide bonds. The number of methoxy groups -OCH3 is 1. The third-order valence-corrected chi connectivity index (χ3v) is 5.13. The van der Waals surface area contributed by atoms with Crippen LogP contribution in [0.4, 0.5) is 0 Å². The Bertz CT molecular complexity index is 657. The molecule has 7 nitrogen and oxygen atoms in total. The van der Waals surface area contributed by atoms with Gasteiger partial charge in [0.2, 0.25) is 0 Å². The molecule has 1 saturated heterocycles. The number of hydrogen-bond donors (Lipinski definition) is 2. The van der Waals surface area contributed by atoms with E-state index in [2.05, 4.69) is 40.2 Å². The van der Waals surface area contributed by atoms with Gasteiger partial charge in [0, 0.05) is 44.8 Å². The molecule has 2 aliphatic rings. The van der Waals surface area contributed by atoms with E-state index in [1.54, 1.807) is 7.11 Å². The molecule has 0 spiro atoms. The SMILES string of the molecule is COc1ccccc1CN1CCN(CC2CC=CCC2)CC1.O=C(O)C(=O)O. The molecule has 1 aromatic carbocycles. The largest absolute Gasteiger partial charge is 0.496 e. The molecule has 0 saturated carbocycles. The zero-order valence-corrected chi connectivity index (χ0v) is 16.4. The number of carboxylic acid groups (broad SMARTS) is 2. The first kappa shape index (κ1) is 21.9. The van der Waals surface area contributed by atoms with Gasteiger partial charge < -0.3 is 19.8 Å². The summed E-state index contributed by atoms with van der Waals surface area (Å²) in [6.07, 6.45) is 8.63. The summed E-state index contributed by atoms with van der Waals surface area (Å²) in [6.45, 7) is 7.03. The molecule has 7 heteroatoms. The molecule has 0 radical (unpaired) electrons. The van der Waals surface area contributed by atoms with Crippen LogP contribution < -0.4 is 4.74 Å². The van der Waals surface area contributed by atoms with Gasteiger partial charge in [0.25, 0.3) is 0 Å². The highest BCUT2D eigenvalue weighted by Gasteiger charge is 2.21. The summed E-state index contributed by atoms with van der Waals surface area (Å²) in [5.74, 6) is -1.75. The molecule has 3 rings (SSSR count). The third kappa shape index (κ3) is 7.32. The van der Waals surface area contributed by atoms with Crippen molar-refractivity contribution in [1.29, 1.82) is 0 Å². The van der Waals surface area contributed by atoms with Crippen LogP contribution in [-0.2, 0) is 16.1 Å². The molecule has 1 fully saturated rings. The lowest BCUT2D eigenvalue weighted by Crippen LogP contribution is -2.47. The van der Waals surface area contributed by atoms with Gasteiger partial charge in [-0.15, -0.1) is 0 Å². The van der Waals surface area contributed by atoms with Gasteiger partial charge in [-0.3, -0.25) is 4.90 Å². The van der Waals surface area contributed by atoms with Crippen LogP contribution in [0.5, 0.6) is 5.75 Å². The number of nitrogens with zero attached hydrogens (tertiary/aromatic N) is 2. The maximum absolute atomic E-state index is 9.10. The van der Waals surface area contributed by atoms with E-state index in [9.17, 15) is 0 Å². The summed E-state index contributed by atoms with van der Waals surface area (Å²) >= 11 is 0. The van der Waals surface area contributed by atoms with Crippen molar-refractivity contribution in [2.45, 2.75) is 25.8 Å². The summed E-state index contributed by atoms with van der Waals surface area (Å²) < 4.78 is 5.46. The minimum atomic E-state index is -1.82. The van der Waals surface area contributed by atoms with Crippen LogP contribution in [0.2, 0.25) is 0 Å². The molecule has 1 aliphatic heterocycles. The standard InChI is InChI=1S/C19H28N2O.C2H2O4/c1-22-19-10-6-5-9-18(19)16-21-13-11-20(12-14-21)15-17-7-3-2-4-8-17;3-1(4)2(5)6/h2-3,5-6,9-10,17H,4,7-8,11-16H2,1H3;(H,3,4)(H,5,6). The van der Waals surface area contributed by atoms with Gasteiger partial charge in [0.1, 0.15) is 5.75 Å². The maximum atomic E-state index is 9.10. The lowest BCUT2D eigenvalue weighted by Gasteiger charge is -2.37. The highest BCUT2D eigenvalue weighted by atomic mass is 16.5. The molecular weight excluding hydrogens is 360 g/mol. The number of carboxylic acids is 2. The molecule has 2 N–H and O–H groups in total. The maximum Gasteiger partial charge on any atom is 0.414 e. The van der Waals surface area contributed by atoms with E-state index < -0.39 is 11.9 Å². The minimum Gasteiger partial charge on any atom is -0.496 e. The molecule has 1 unspecified atom stereocenters. The van der Waals surface area contributed by atoms with Crippen molar-refractivity contribution in [1.82, 2.24) is 9.80 Å². The number of carbonyl (C=O) groups is 2. The van der Waals surface area contributed by atoms with Crippen LogP contribution in [-0.4, -0.2) is 71.8 Å². The second kappa shape index (κ2) is 11.5. The van der Waals surface area contributed by atoms with E-state index in [1.165, 1.54) is 57.5 Å². The van der Waals surface area contributed by atoms with Crippen LogP contribution in [0.3, 0.4) is 0 Å². The van der Waals surface area contributed by atoms with E-state index in [-0.39, 0.29) is 0 Å². The van der Waals surface area contributed by atoms with Gasteiger partial charge in [-0.05, 0) is 31.2 Å². The zero-order valence-electron chi connectivity index (χ0n) is 16.4. The van der Waals surface area contributed by atoms with Gasteiger partial charge in [0.05, 0.1) is 7.11 Å². The predicted octanol–water partition coefficient (Wildman–Crippen LogP) is 2.32. The first-order valence-corrected chi connectivity index (χ1v) is 9.67. The molecule has 154 valence electrons. The van der Waals surface area contributed by atoms with E-state index >= 15 is 0 Å². The Labute approximate surface area is 166 Å². The Kier molecular flexibility index (Phi) is 8.97. The average Bonchev–Trinajstić information content (AvgIpc) is 2.71.